The summed E-state index contributed by atoms with van der Waals surface area (Å²) in [6, 6.07) is 1.71. The van der Waals surface area contributed by atoms with Crippen LogP contribution in [0.5, 0.6) is 5.88 Å². The summed E-state index contributed by atoms with van der Waals surface area (Å²) >= 11 is 0. The van der Waals surface area contributed by atoms with Gasteiger partial charge in [-0.3, -0.25) is 4.72 Å². The first kappa shape index (κ1) is 15.0. The van der Waals surface area contributed by atoms with Crippen molar-refractivity contribution in [3.8, 4) is 5.88 Å². The van der Waals surface area contributed by atoms with Gasteiger partial charge in [-0.1, -0.05) is 0 Å². The number of anilines is 1. The van der Waals surface area contributed by atoms with E-state index in [-0.39, 0.29) is 5.88 Å². The maximum absolute atomic E-state index is 12.4. The molecule has 2 heterocycles. The van der Waals surface area contributed by atoms with E-state index < -0.39 is 10.2 Å². The zero-order valence-electron chi connectivity index (χ0n) is 12.0. The van der Waals surface area contributed by atoms with Gasteiger partial charge in [0, 0.05) is 32.4 Å². The predicted molar refractivity (Wildman–Crippen MR) is 77.1 cm³/mol. The summed E-state index contributed by atoms with van der Waals surface area (Å²) in [5.41, 5.74) is 1.23. The number of likely N-dealkylation sites (N-methyl/N-ethyl adjacent to an activating group) is 1. The Morgan fingerprint density at radius 3 is 2.55 bits per heavy atom. The van der Waals surface area contributed by atoms with Crippen molar-refractivity contribution >= 4 is 15.9 Å². The van der Waals surface area contributed by atoms with Crippen LogP contribution in [0.4, 0.5) is 5.69 Å². The Hall–Kier alpha value is -1.38. The smallest absolute Gasteiger partial charge is 0.301 e. The molecule has 0 aliphatic carbocycles. The van der Waals surface area contributed by atoms with Gasteiger partial charge in [-0.2, -0.15) is 12.7 Å². The predicted octanol–water partition coefficient (Wildman–Crippen LogP) is 0.303. The molecule has 112 valence electrons. The van der Waals surface area contributed by atoms with E-state index in [1.165, 1.54) is 11.4 Å². The number of aryl methyl sites for hydroxylation is 1. The SMILES string of the molecule is COc1ncc(C)cc1NS(=O)(=O)N1CCN(C)CC1. The van der Waals surface area contributed by atoms with Crippen LogP contribution in [0.2, 0.25) is 0 Å². The highest BCUT2D eigenvalue weighted by Gasteiger charge is 2.26. The first-order chi connectivity index (χ1) is 9.42. The van der Waals surface area contributed by atoms with Crippen LogP contribution in [0.15, 0.2) is 12.3 Å². The van der Waals surface area contributed by atoms with Crippen molar-refractivity contribution < 1.29 is 13.2 Å². The van der Waals surface area contributed by atoms with Crippen molar-refractivity contribution in [1.82, 2.24) is 14.2 Å². The standard InChI is InChI=1S/C12H20N4O3S/c1-10-8-11(12(19-3)13-9-10)14-20(17,18)16-6-4-15(2)5-7-16/h8-9,14H,4-7H2,1-3H3. The van der Waals surface area contributed by atoms with E-state index in [9.17, 15) is 8.42 Å². The quantitative estimate of drug-likeness (QED) is 0.866. The van der Waals surface area contributed by atoms with Gasteiger partial charge in [0.15, 0.2) is 0 Å². The first-order valence-electron chi connectivity index (χ1n) is 6.39. The van der Waals surface area contributed by atoms with Crippen LogP contribution in [0.1, 0.15) is 5.56 Å². The van der Waals surface area contributed by atoms with E-state index in [4.69, 9.17) is 4.74 Å². The van der Waals surface area contributed by atoms with Crippen LogP contribution in [0.3, 0.4) is 0 Å². The summed E-state index contributed by atoms with van der Waals surface area (Å²) in [6.07, 6.45) is 1.63. The number of methoxy groups -OCH3 is 1. The molecule has 1 fully saturated rings. The number of hydrogen-bond donors (Lipinski definition) is 1. The van der Waals surface area contributed by atoms with Gasteiger partial charge in [0.2, 0.25) is 5.88 Å². The van der Waals surface area contributed by atoms with Crippen molar-refractivity contribution in [1.29, 1.82) is 0 Å². The molecule has 0 bridgehead atoms. The summed E-state index contributed by atoms with van der Waals surface area (Å²) in [4.78, 5) is 6.16. The molecule has 1 aliphatic heterocycles. The minimum absolute atomic E-state index is 0.272. The van der Waals surface area contributed by atoms with Crippen molar-refractivity contribution in [2.45, 2.75) is 6.92 Å². The third-order valence-corrected chi connectivity index (χ3v) is 4.75. The molecule has 1 aliphatic rings. The van der Waals surface area contributed by atoms with Crippen LogP contribution in [-0.2, 0) is 10.2 Å². The molecule has 1 N–H and O–H groups in total. The normalized spacial score (nSPS) is 17.9. The largest absolute Gasteiger partial charge is 0.479 e. The molecular weight excluding hydrogens is 280 g/mol. The number of pyridine rings is 1. The molecule has 0 unspecified atom stereocenters. The molecule has 0 spiro atoms. The Bertz CT molecular complexity index is 568. The average molecular weight is 300 g/mol. The maximum Gasteiger partial charge on any atom is 0.301 e. The fourth-order valence-electron chi connectivity index (χ4n) is 2.02. The van der Waals surface area contributed by atoms with Crippen LogP contribution in [0, 0.1) is 6.92 Å². The Morgan fingerprint density at radius 2 is 1.95 bits per heavy atom. The van der Waals surface area contributed by atoms with Gasteiger partial charge >= 0.3 is 10.2 Å². The average Bonchev–Trinajstić information content (AvgIpc) is 2.39. The second-order valence-corrected chi connectivity index (χ2v) is 6.55. The van der Waals surface area contributed by atoms with Gasteiger partial charge in [0.25, 0.3) is 0 Å². The molecule has 1 saturated heterocycles. The van der Waals surface area contributed by atoms with Gasteiger partial charge in [-0.25, -0.2) is 4.98 Å². The molecule has 20 heavy (non-hydrogen) atoms. The summed E-state index contributed by atoms with van der Waals surface area (Å²) in [5, 5.41) is 0. The summed E-state index contributed by atoms with van der Waals surface area (Å²) in [5.74, 6) is 0.272. The number of piperazine rings is 1. The van der Waals surface area contributed by atoms with E-state index in [1.807, 2.05) is 14.0 Å². The number of rotatable bonds is 4. The highest BCUT2D eigenvalue weighted by Crippen LogP contribution is 2.24. The van der Waals surface area contributed by atoms with Crippen LogP contribution >= 0.6 is 0 Å². The summed E-state index contributed by atoms with van der Waals surface area (Å²) in [6.45, 7) is 4.26. The fourth-order valence-corrected chi connectivity index (χ4v) is 3.22. The van der Waals surface area contributed by atoms with E-state index >= 15 is 0 Å². The lowest BCUT2D eigenvalue weighted by Crippen LogP contribution is -2.48. The molecule has 0 saturated carbocycles. The summed E-state index contributed by atoms with van der Waals surface area (Å²) in [7, 11) is -0.132. The monoisotopic (exact) mass is 300 g/mol. The molecule has 0 amide bonds. The van der Waals surface area contributed by atoms with Crippen molar-refractivity contribution in [2.24, 2.45) is 0 Å². The molecular formula is C12H20N4O3S. The van der Waals surface area contributed by atoms with E-state index in [0.717, 1.165) is 18.7 Å². The Kier molecular flexibility index (Phi) is 4.46. The maximum atomic E-state index is 12.4. The topological polar surface area (TPSA) is 74.8 Å². The molecule has 0 aromatic carbocycles. The second-order valence-electron chi connectivity index (χ2n) is 4.88. The van der Waals surface area contributed by atoms with Crippen molar-refractivity contribution in [2.75, 3.05) is 45.1 Å². The minimum Gasteiger partial charge on any atom is -0.479 e. The zero-order valence-corrected chi connectivity index (χ0v) is 12.8. The molecule has 1 aromatic rings. The highest BCUT2D eigenvalue weighted by atomic mass is 32.2. The third-order valence-electron chi connectivity index (χ3n) is 3.22. The first-order valence-corrected chi connectivity index (χ1v) is 7.83. The Labute approximate surface area is 119 Å². The van der Waals surface area contributed by atoms with E-state index in [1.54, 1.807) is 12.3 Å². The number of nitrogens with one attached hydrogen (secondary N) is 1. The zero-order chi connectivity index (χ0) is 14.8. The molecule has 0 radical (unpaired) electrons. The molecule has 0 atom stereocenters. The van der Waals surface area contributed by atoms with Crippen molar-refractivity contribution in [3.05, 3.63) is 17.8 Å². The molecule has 2 rings (SSSR count). The highest BCUT2D eigenvalue weighted by molar-refractivity contribution is 7.90. The molecule has 7 nitrogen and oxygen atoms in total. The number of hydrogen-bond acceptors (Lipinski definition) is 5. The number of nitrogens with zero attached hydrogens (tertiary/aromatic N) is 3. The van der Waals surface area contributed by atoms with E-state index in [0.29, 0.717) is 18.8 Å². The lowest BCUT2D eigenvalue weighted by molar-refractivity contribution is 0.223. The summed E-state index contributed by atoms with van der Waals surface area (Å²) < 4.78 is 33.8. The Balaban J connectivity index is 2.18. The van der Waals surface area contributed by atoms with E-state index in [2.05, 4.69) is 14.6 Å². The van der Waals surface area contributed by atoms with Gasteiger partial charge in [-0.05, 0) is 25.6 Å². The van der Waals surface area contributed by atoms with Gasteiger partial charge in [0.1, 0.15) is 5.69 Å². The van der Waals surface area contributed by atoms with Crippen LogP contribution in [-0.4, -0.2) is 62.9 Å². The van der Waals surface area contributed by atoms with Crippen LogP contribution in [0.25, 0.3) is 0 Å². The molecule has 1 aromatic heterocycles. The third kappa shape index (κ3) is 3.38. The van der Waals surface area contributed by atoms with Gasteiger partial charge in [0.05, 0.1) is 7.11 Å². The van der Waals surface area contributed by atoms with Crippen LogP contribution < -0.4 is 9.46 Å². The van der Waals surface area contributed by atoms with Gasteiger partial charge in [-0.15, -0.1) is 0 Å². The van der Waals surface area contributed by atoms with Gasteiger partial charge < -0.3 is 9.64 Å². The van der Waals surface area contributed by atoms with Crippen molar-refractivity contribution in [3.63, 3.8) is 0 Å². The number of ether oxygens (including phenoxy) is 1. The minimum atomic E-state index is -3.57. The second kappa shape index (κ2) is 5.94. The lowest BCUT2D eigenvalue weighted by atomic mass is 10.3. The molecule has 8 heteroatoms. The number of aromatic nitrogens is 1. The lowest BCUT2D eigenvalue weighted by Gasteiger charge is -2.31. The Morgan fingerprint density at radius 1 is 1.30 bits per heavy atom. The fraction of sp³-hybridized carbons (Fsp3) is 0.583.